The number of terminal acetylenes is 1. The van der Waals surface area contributed by atoms with Gasteiger partial charge in [-0.1, -0.05) is 5.92 Å². The molecule has 1 heterocycles. The Morgan fingerprint density at radius 1 is 1.67 bits per heavy atom. The molecule has 3 nitrogen and oxygen atoms in total. The average Bonchev–Trinajstić information content (AvgIpc) is 2.03. The zero-order valence-electron chi connectivity index (χ0n) is 6.55. The van der Waals surface area contributed by atoms with E-state index in [-0.39, 0.29) is 16.8 Å². The molecule has 3 heteroatoms. The first-order valence-electron chi connectivity index (χ1n) is 3.35. The lowest BCUT2D eigenvalue weighted by Crippen LogP contribution is -2.12. The predicted molar refractivity (Wildman–Crippen MR) is 45.0 cm³/mol. The first kappa shape index (κ1) is 8.28. The van der Waals surface area contributed by atoms with Crippen molar-refractivity contribution in [3.8, 4) is 12.3 Å². The highest BCUT2D eigenvalue weighted by molar-refractivity contribution is 5.93. The molecule has 1 aromatic rings. The summed E-state index contributed by atoms with van der Waals surface area (Å²) in [5.74, 6) is 2.00. The highest BCUT2D eigenvalue weighted by Crippen LogP contribution is 1.92. The molecule has 0 unspecified atom stereocenters. The molecule has 60 valence electrons. The highest BCUT2D eigenvalue weighted by atomic mass is 16.1. The Morgan fingerprint density at radius 2 is 2.33 bits per heavy atom. The molecule has 0 aromatic carbocycles. The minimum absolute atomic E-state index is 0.133. The van der Waals surface area contributed by atoms with Gasteiger partial charge in [0.1, 0.15) is 0 Å². The van der Waals surface area contributed by atoms with Crippen molar-refractivity contribution in [1.82, 2.24) is 4.98 Å². The summed E-state index contributed by atoms with van der Waals surface area (Å²) < 4.78 is 0. The van der Waals surface area contributed by atoms with Crippen LogP contribution in [0.2, 0.25) is 0 Å². The van der Waals surface area contributed by atoms with E-state index in [1.165, 1.54) is 19.2 Å². The Labute approximate surface area is 69.4 Å². The number of rotatable bonds is 1. The Kier molecular flexibility index (Phi) is 2.11. The molecule has 0 aliphatic carbocycles. The van der Waals surface area contributed by atoms with Crippen LogP contribution in [0.4, 0.5) is 0 Å². The van der Waals surface area contributed by atoms with E-state index in [4.69, 9.17) is 6.42 Å². The quantitative estimate of drug-likeness (QED) is 0.483. The Balaban J connectivity index is 3.33. The van der Waals surface area contributed by atoms with Crippen molar-refractivity contribution < 1.29 is 4.79 Å². The minimum Gasteiger partial charge on any atom is -0.354 e. The summed E-state index contributed by atoms with van der Waals surface area (Å²) in [7, 11) is 0. The van der Waals surface area contributed by atoms with Gasteiger partial charge in [-0.25, -0.2) is 0 Å². The maximum Gasteiger partial charge on any atom is 0.193 e. The monoisotopic (exact) mass is 161 g/mol. The summed E-state index contributed by atoms with van der Waals surface area (Å²) in [4.78, 5) is 24.6. The third kappa shape index (κ3) is 1.43. The number of aromatic nitrogens is 1. The number of carbonyl (C=O) groups is 1. The fourth-order valence-corrected chi connectivity index (χ4v) is 0.830. The van der Waals surface area contributed by atoms with E-state index in [1.54, 1.807) is 0 Å². The molecule has 0 saturated heterocycles. The molecule has 0 saturated carbocycles. The second-order valence-electron chi connectivity index (χ2n) is 2.33. The van der Waals surface area contributed by atoms with Gasteiger partial charge in [0, 0.05) is 12.3 Å². The largest absolute Gasteiger partial charge is 0.354 e. The number of pyridine rings is 1. The lowest BCUT2D eigenvalue weighted by molar-refractivity contribution is 0.101. The molecule has 0 atom stereocenters. The van der Waals surface area contributed by atoms with E-state index in [0.717, 1.165) is 0 Å². The molecule has 1 aromatic heterocycles. The number of carbonyl (C=O) groups excluding carboxylic acids is 1. The van der Waals surface area contributed by atoms with E-state index in [0.29, 0.717) is 5.69 Å². The smallest absolute Gasteiger partial charge is 0.193 e. The molecular weight excluding hydrogens is 154 g/mol. The van der Waals surface area contributed by atoms with Gasteiger partial charge in [0.25, 0.3) is 0 Å². The van der Waals surface area contributed by atoms with Gasteiger partial charge in [-0.15, -0.1) is 6.42 Å². The van der Waals surface area contributed by atoms with Gasteiger partial charge in [-0.05, 0) is 6.92 Å². The van der Waals surface area contributed by atoms with Crippen LogP contribution in [0.3, 0.4) is 0 Å². The van der Waals surface area contributed by atoms with Gasteiger partial charge in [0.05, 0.1) is 11.3 Å². The van der Waals surface area contributed by atoms with Crippen molar-refractivity contribution >= 4 is 5.78 Å². The van der Waals surface area contributed by atoms with E-state index in [9.17, 15) is 9.59 Å². The number of ketones is 1. The van der Waals surface area contributed by atoms with Gasteiger partial charge < -0.3 is 4.98 Å². The molecule has 0 radical (unpaired) electrons. The van der Waals surface area contributed by atoms with Crippen molar-refractivity contribution in [2.75, 3.05) is 0 Å². The molecule has 0 fully saturated rings. The van der Waals surface area contributed by atoms with Crippen LogP contribution in [0, 0.1) is 12.3 Å². The van der Waals surface area contributed by atoms with E-state index >= 15 is 0 Å². The summed E-state index contributed by atoms with van der Waals surface area (Å²) in [5.41, 5.74) is 0.174. The van der Waals surface area contributed by atoms with Gasteiger partial charge in [-0.3, -0.25) is 9.59 Å². The van der Waals surface area contributed by atoms with Crippen molar-refractivity contribution in [3.05, 3.63) is 33.7 Å². The van der Waals surface area contributed by atoms with Crippen LogP contribution in [0.25, 0.3) is 0 Å². The van der Waals surface area contributed by atoms with Crippen LogP contribution in [0.15, 0.2) is 17.1 Å². The van der Waals surface area contributed by atoms with Crippen LogP contribution >= 0.6 is 0 Å². The first-order chi connectivity index (χ1) is 5.65. The summed E-state index contributed by atoms with van der Waals surface area (Å²) in [6.07, 6.45) is 6.37. The van der Waals surface area contributed by atoms with E-state index < -0.39 is 0 Å². The molecule has 12 heavy (non-hydrogen) atoms. The molecular formula is C9H7NO2. The van der Waals surface area contributed by atoms with Crippen LogP contribution < -0.4 is 5.43 Å². The topological polar surface area (TPSA) is 49.9 Å². The zero-order valence-corrected chi connectivity index (χ0v) is 6.55. The number of aromatic amines is 1. The Bertz CT molecular complexity index is 409. The van der Waals surface area contributed by atoms with Gasteiger partial charge >= 0.3 is 0 Å². The van der Waals surface area contributed by atoms with Gasteiger partial charge in [-0.2, -0.15) is 0 Å². The van der Waals surface area contributed by atoms with E-state index in [2.05, 4.69) is 10.9 Å². The lowest BCUT2D eigenvalue weighted by atomic mass is 10.2. The van der Waals surface area contributed by atoms with Crippen molar-refractivity contribution in [3.63, 3.8) is 0 Å². The standard InChI is InChI=1S/C9H7NO2/c1-3-7-4-9(12)8(5-10-7)6(2)11/h1,4-5H,2H3,(H,10,12). The maximum atomic E-state index is 11.1. The molecule has 0 amide bonds. The van der Waals surface area contributed by atoms with Crippen molar-refractivity contribution in [1.29, 1.82) is 0 Å². The third-order valence-corrected chi connectivity index (χ3v) is 1.45. The van der Waals surface area contributed by atoms with Crippen molar-refractivity contribution in [2.24, 2.45) is 0 Å². The number of Topliss-reactive ketones (excluding diaryl/α,β-unsaturated/α-hetero) is 1. The van der Waals surface area contributed by atoms with Crippen molar-refractivity contribution in [2.45, 2.75) is 6.92 Å². The van der Waals surface area contributed by atoms with Crippen LogP contribution in [0.5, 0.6) is 0 Å². The van der Waals surface area contributed by atoms with Crippen LogP contribution in [-0.4, -0.2) is 10.8 Å². The van der Waals surface area contributed by atoms with Crippen LogP contribution in [-0.2, 0) is 0 Å². The number of hydrogen-bond donors (Lipinski definition) is 1. The Morgan fingerprint density at radius 3 is 2.75 bits per heavy atom. The maximum absolute atomic E-state index is 11.1. The molecule has 1 N–H and O–H groups in total. The van der Waals surface area contributed by atoms with E-state index in [1.807, 2.05) is 0 Å². The summed E-state index contributed by atoms with van der Waals surface area (Å²) in [6, 6.07) is 1.23. The Hall–Kier alpha value is -1.82. The third-order valence-electron chi connectivity index (χ3n) is 1.45. The SMILES string of the molecule is C#Cc1cc(=O)c(C(C)=O)c[nH]1. The normalized spacial score (nSPS) is 9.00. The lowest BCUT2D eigenvalue weighted by Gasteiger charge is -1.93. The van der Waals surface area contributed by atoms with Crippen LogP contribution in [0.1, 0.15) is 23.0 Å². The summed E-state index contributed by atoms with van der Waals surface area (Å²) in [5, 5.41) is 0. The first-order valence-corrected chi connectivity index (χ1v) is 3.35. The van der Waals surface area contributed by atoms with Gasteiger partial charge in [0.2, 0.25) is 0 Å². The summed E-state index contributed by atoms with van der Waals surface area (Å²) >= 11 is 0. The molecule has 0 aliphatic heterocycles. The summed E-state index contributed by atoms with van der Waals surface area (Å²) in [6.45, 7) is 1.33. The number of hydrogen-bond acceptors (Lipinski definition) is 2. The number of H-pyrrole nitrogens is 1. The fourth-order valence-electron chi connectivity index (χ4n) is 0.830. The van der Waals surface area contributed by atoms with Gasteiger partial charge in [0.15, 0.2) is 11.2 Å². The zero-order chi connectivity index (χ0) is 9.14. The second kappa shape index (κ2) is 3.05. The average molecular weight is 161 g/mol. The highest BCUT2D eigenvalue weighted by Gasteiger charge is 2.03. The fraction of sp³-hybridized carbons (Fsp3) is 0.111. The molecule has 0 bridgehead atoms. The second-order valence-corrected chi connectivity index (χ2v) is 2.33. The molecule has 1 rings (SSSR count). The predicted octanol–water partition coefficient (Wildman–Crippen LogP) is 0.559. The minimum atomic E-state index is -0.339. The molecule has 0 aliphatic rings. The number of nitrogens with one attached hydrogen (secondary N) is 1. The molecule has 0 spiro atoms.